The zero-order chi connectivity index (χ0) is 13.1. The van der Waals surface area contributed by atoms with Crippen molar-refractivity contribution in [3.63, 3.8) is 0 Å². The number of aromatic nitrogens is 2. The molecule has 0 aliphatic heterocycles. The molecule has 0 saturated heterocycles. The van der Waals surface area contributed by atoms with Crippen LogP contribution in [0.15, 0.2) is 28.7 Å². The topological polar surface area (TPSA) is 61.0 Å². The van der Waals surface area contributed by atoms with Crippen LogP contribution in [-0.4, -0.2) is 17.1 Å². The highest BCUT2D eigenvalue weighted by Crippen LogP contribution is 2.31. The third-order valence-electron chi connectivity index (χ3n) is 2.52. The molecule has 0 aliphatic rings. The van der Waals surface area contributed by atoms with Crippen molar-refractivity contribution in [2.45, 2.75) is 13.5 Å². The first-order chi connectivity index (χ1) is 8.63. The number of hydrogen-bond acceptors (Lipinski definition) is 4. The zero-order valence-electron chi connectivity index (χ0n) is 10.3. The number of hydrogen-bond donors (Lipinski definition) is 1. The monoisotopic (exact) mass is 307 g/mol. The van der Waals surface area contributed by atoms with E-state index in [0.29, 0.717) is 12.4 Å². The van der Waals surface area contributed by atoms with Crippen LogP contribution < -0.4 is 10.5 Å². The van der Waals surface area contributed by atoms with Crippen molar-refractivity contribution in [1.82, 2.24) is 9.97 Å². The molecule has 94 valence electrons. The van der Waals surface area contributed by atoms with Gasteiger partial charge in [0.05, 0.1) is 19.3 Å². The van der Waals surface area contributed by atoms with Gasteiger partial charge in [-0.2, -0.15) is 0 Å². The molecule has 0 amide bonds. The van der Waals surface area contributed by atoms with E-state index in [0.717, 1.165) is 27.2 Å². The second-order valence-corrected chi connectivity index (χ2v) is 4.78. The lowest BCUT2D eigenvalue weighted by molar-refractivity contribution is 0.416. The molecule has 2 rings (SSSR count). The van der Waals surface area contributed by atoms with Crippen molar-refractivity contribution < 1.29 is 4.74 Å². The van der Waals surface area contributed by atoms with Crippen molar-refractivity contribution in [3.8, 4) is 17.0 Å². The van der Waals surface area contributed by atoms with Crippen LogP contribution in [0.5, 0.6) is 5.75 Å². The molecule has 4 nitrogen and oxygen atoms in total. The first-order valence-corrected chi connectivity index (χ1v) is 6.32. The number of nitrogens with zero attached hydrogens (tertiary/aromatic N) is 2. The highest BCUT2D eigenvalue weighted by atomic mass is 79.9. The first-order valence-electron chi connectivity index (χ1n) is 5.52. The number of benzene rings is 1. The Balaban J connectivity index is 2.60. The molecule has 0 aliphatic carbocycles. The van der Waals surface area contributed by atoms with E-state index in [1.807, 2.05) is 31.2 Å². The summed E-state index contributed by atoms with van der Waals surface area (Å²) in [5.41, 5.74) is 8.24. The highest BCUT2D eigenvalue weighted by molar-refractivity contribution is 9.10. The molecule has 5 heteroatoms. The van der Waals surface area contributed by atoms with Crippen LogP contribution in [-0.2, 0) is 6.54 Å². The largest absolute Gasteiger partial charge is 0.496 e. The lowest BCUT2D eigenvalue weighted by Crippen LogP contribution is -2.05. The van der Waals surface area contributed by atoms with Crippen LogP contribution in [0, 0.1) is 6.92 Å². The summed E-state index contributed by atoms with van der Waals surface area (Å²) in [6.07, 6.45) is 0. The van der Waals surface area contributed by atoms with Gasteiger partial charge >= 0.3 is 0 Å². The van der Waals surface area contributed by atoms with Crippen LogP contribution in [0.25, 0.3) is 11.3 Å². The predicted molar refractivity (Wildman–Crippen MR) is 74.3 cm³/mol. The lowest BCUT2D eigenvalue weighted by Gasteiger charge is -2.10. The van der Waals surface area contributed by atoms with Gasteiger partial charge in [0.25, 0.3) is 0 Å². The Bertz CT molecular complexity index is 572. The Kier molecular flexibility index (Phi) is 3.93. The fraction of sp³-hybridized carbons (Fsp3) is 0.231. The van der Waals surface area contributed by atoms with Crippen molar-refractivity contribution in [2.24, 2.45) is 5.73 Å². The summed E-state index contributed by atoms with van der Waals surface area (Å²) in [6.45, 7) is 2.25. The van der Waals surface area contributed by atoms with Gasteiger partial charge in [-0.25, -0.2) is 9.97 Å². The SMILES string of the molecule is COc1ccc(Br)cc1-c1cc(C)nc(CN)n1. The Morgan fingerprint density at radius 3 is 2.72 bits per heavy atom. The van der Waals surface area contributed by atoms with E-state index in [4.69, 9.17) is 10.5 Å². The molecule has 0 saturated carbocycles. The molecule has 0 bridgehead atoms. The maximum absolute atomic E-state index is 5.60. The molecular weight excluding hydrogens is 294 g/mol. The molecule has 0 atom stereocenters. The van der Waals surface area contributed by atoms with Gasteiger partial charge in [-0.3, -0.25) is 0 Å². The van der Waals surface area contributed by atoms with Gasteiger partial charge < -0.3 is 10.5 Å². The fourth-order valence-corrected chi connectivity index (χ4v) is 2.10. The maximum Gasteiger partial charge on any atom is 0.142 e. The van der Waals surface area contributed by atoms with Crippen molar-refractivity contribution in [2.75, 3.05) is 7.11 Å². The van der Waals surface area contributed by atoms with Gasteiger partial charge in [-0.1, -0.05) is 15.9 Å². The summed E-state index contributed by atoms with van der Waals surface area (Å²) in [5.74, 6) is 1.41. The van der Waals surface area contributed by atoms with E-state index >= 15 is 0 Å². The molecule has 0 unspecified atom stereocenters. The maximum atomic E-state index is 5.60. The number of methoxy groups -OCH3 is 1. The van der Waals surface area contributed by atoms with Crippen molar-refractivity contribution >= 4 is 15.9 Å². The lowest BCUT2D eigenvalue weighted by atomic mass is 10.1. The minimum Gasteiger partial charge on any atom is -0.496 e. The van der Waals surface area contributed by atoms with Gasteiger partial charge in [-0.15, -0.1) is 0 Å². The number of halogens is 1. The summed E-state index contributed by atoms with van der Waals surface area (Å²) < 4.78 is 6.33. The minimum atomic E-state index is 0.324. The number of ether oxygens (including phenoxy) is 1. The molecule has 1 heterocycles. The van der Waals surface area contributed by atoms with Gasteiger partial charge in [0.1, 0.15) is 11.6 Å². The van der Waals surface area contributed by atoms with Gasteiger partial charge in [-0.05, 0) is 31.2 Å². The summed E-state index contributed by atoms with van der Waals surface area (Å²) >= 11 is 3.45. The molecule has 0 radical (unpaired) electrons. The van der Waals surface area contributed by atoms with Crippen LogP contribution in [0.1, 0.15) is 11.5 Å². The van der Waals surface area contributed by atoms with E-state index in [9.17, 15) is 0 Å². The van der Waals surface area contributed by atoms with E-state index in [-0.39, 0.29) is 0 Å². The summed E-state index contributed by atoms with van der Waals surface area (Å²) in [7, 11) is 1.64. The highest BCUT2D eigenvalue weighted by Gasteiger charge is 2.10. The van der Waals surface area contributed by atoms with Gasteiger partial charge in [0.2, 0.25) is 0 Å². The smallest absolute Gasteiger partial charge is 0.142 e. The van der Waals surface area contributed by atoms with E-state index in [1.165, 1.54) is 0 Å². The molecule has 1 aromatic carbocycles. The third-order valence-corrected chi connectivity index (χ3v) is 3.01. The normalized spacial score (nSPS) is 10.4. The molecule has 0 spiro atoms. The summed E-state index contributed by atoms with van der Waals surface area (Å²) in [5, 5.41) is 0. The van der Waals surface area contributed by atoms with Crippen molar-refractivity contribution in [1.29, 1.82) is 0 Å². The van der Waals surface area contributed by atoms with Gasteiger partial charge in [0, 0.05) is 15.7 Å². The average molecular weight is 308 g/mol. The number of rotatable bonds is 3. The molecule has 2 N–H and O–H groups in total. The van der Waals surface area contributed by atoms with Crippen LogP contribution in [0.4, 0.5) is 0 Å². The standard InChI is InChI=1S/C13H14BrN3O/c1-8-5-11(17-13(7-15)16-8)10-6-9(14)3-4-12(10)18-2/h3-6H,7,15H2,1-2H3. The quantitative estimate of drug-likeness (QED) is 0.947. The Morgan fingerprint density at radius 2 is 2.06 bits per heavy atom. The van der Waals surface area contributed by atoms with Crippen LogP contribution in [0.3, 0.4) is 0 Å². The second kappa shape index (κ2) is 5.46. The van der Waals surface area contributed by atoms with E-state index in [1.54, 1.807) is 7.11 Å². The fourth-order valence-electron chi connectivity index (χ4n) is 1.74. The van der Waals surface area contributed by atoms with E-state index < -0.39 is 0 Å². The van der Waals surface area contributed by atoms with Crippen molar-refractivity contribution in [3.05, 3.63) is 40.3 Å². The summed E-state index contributed by atoms with van der Waals surface area (Å²) in [6, 6.07) is 7.73. The molecule has 18 heavy (non-hydrogen) atoms. The van der Waals surface area contributed by atoms with E-state index in [2.05, 4.69) is 25.9 Å². The minimum absolute atomic E-state index is 0.324. The second-order valence-electron chi connectivity index (χ2n) is 3.86. The third kappa shape index (κ3) is 2.68. The Hall–Kier alpha value is -1.46. The van der Waals surface area contributed by atoms with Gasteiger partial charge in [0.15, 0.2) is 0 Å². The zero-order valence-corrected chi connectivity index (χ0v) is 11.9. The molecule has 0 fully saturated rings. The predicted octanol–water partition coefficient (Wildman–Crippen LogP) is 2.68. The Labute approximate surface area is 114 Å². The molecule has 2 aromatic rings. The number of aryl methyl sites for hydroxylation is 1. The molecular formula is C13H14BrN3O. The van der Waals surface area contributed by atoms with Crippen LogP contribution >= 0.6 is 15.9 Å². The molecule has 1 aromatic heterocycles. The Morgan fingerprint density at radius 1 is 1.28 bits per heavy atom. The van der Waals surface area contributed by atoms with Crippen LogP contribution in [0.2, 0.25) is 0 Å². The summed E-state index contributed by atoms with van der Waals surface area (Å²) in [4.78, 5) is 8.70. The first kappa shape index (κ1) is 13.0. The average Bonchev–Trinajstić information content (AvgIpc) is 2.38. The number of nitrogens with two attached hydrogens (primary N) is 1.